The van der Waals surface area contributed by atoms with Gasteiger partial charge in [0.2, 0.25) is 0 Å². The van der Waals surface area contributed by atoms with Crippen LogP contribution in [0.2, 0.25) is 0 Å². The van der Waals surface area contributed by atoms with Crippen LogP contribution in [0.1, 0.15) is 22.3 Å². The highest BCUT2D eigenvalue weighted by molar-refractivity contribution is 6.27. The van der Waals surface area contributed by atoms with Gasteiger partial charge >= 0.3 is 11.3 Å². The molecule has 0 amide bonds. The molecule has 0 radical (unpaired) electrons. The van der Waals surface area contributed by atoms with Crippen LogP contribution in [0.25, 0.3) is 78.6 Å². The van der Waals surface area contributed by atoms with E-state index in [1.54, 1.807) is 38.5 Å². The molecular formula is C46H32O6. The molecule has 0 spiro atoms. The molecule has 0 saturated carbocycles. The number of fused-ring (bicyclic) bond motifs is 8. The van der Waals surface area contributed by atoms with Crippen LogP contribution >= 0.6 is 0 Å². The van der Waals surface area contributed by atoms with E-state index in [-0.39, 0.29) is 10.8 Å². The number of hydrogen-bond donors (Lipinski definition) is 0. The summed E-state index contributed by atoms with van der Waals surface area (Å²) in [5, 5.41) is 5.00. The first-order chi connectivity index (χ1) is 25.5. The molecule has 6 nitrogen and oxygen atoms in total. The summed E-state index contributed by atoms with van der Waals surface area (Å²) < 4.78 is 23.6. The molecule has 252 valence electrons. The van der Waals surface area contributed by atoms with E-state index in [9.17, 15) is 9.59 Å². The molecule has 6 heteroatoms. The second-order valence-electron chi connectivity index (χ2n) is 12.3. The van der Waals surface area contributed by atoms with Crippen molar-refractivity contribution in [2.45, 2.75) is 0 Å². The zero-order valence-electron chi connectivity index (χ0n) is 28.5. The number of hydrogen-bond acceptors (Lipinski definition) is 6. The van der Waals surface area contributed by atoms with Crippen molar-refractivity contribution in [1.29, 1.82) is 0 Å². The largest absolute Gasteiger partial charge is 0.497 e. The molecule has 8 aromatic rings. The minimum absolute atomic E-state index is 0.108. The Labute approximate surface area is 298 Å². The molecule has 8 rings (SSSR count). The van der Waals surface area contributed by atoms with Gasteiger partial charge in [0.1, 0.15) is 22.7 Å². The van der Waals surface area contributed by atoms with Gasteiger partial charge in [0.05, 0.1) is 25.0 Å². The van der Waals surface area contributed by atoms with Crippen molar-refractivity contribution in [3.05, 3.63) is 177 Å². The van der Waals surface area contributed by atoms with Crippen LogP contribution in [0.3, 0.4) is 0 Å². The maximum atomic E-state index is 14.1. The molecule has 1 aromatic heterocycles. The fraction of sp³-hybridized carbons (Fsp3) is 0.0435. The van der Waals surface area contributed by atoms with Gasteiger partial charge in [0.25, 0.3) is 0 Å². The molecule has 0 fully saturated rings. The monoisotopic (exact) mass is 680 g/mol. The lowest BCUT2D eigenvalue weighted by molar-refractivity contribution is 0.414. The molecule has 7 aromatic carbocycles. The zero-order valence-corrected chi connectivity index (χ0v) is 28.5. The summed E-state index contributed by atoms with van der Waals surface area (Å²) in [4.78, 5) is 28.2. The average Bonchev–Trinajstić information content (AvgIpc) is 3.19. The van der Waals surface area contributed by atoms with Crippen LogP contribution in [0.4, 0.5) is 0 Å². The van der Waals surface area contributed by atoms with Crippen LogP contribution in [0, 0.1) is 0 Å². The molecule has 1 heterocycles. The lowest BCUT2D eigenvalue weighted by Gasteiger charge is -2.11. The first-order valence-corrected chi connectivity index (χ1v) is 16.8. The summed E-state index contributed by atoms with van der Waals surface area (Å²) in [7, 11) is 3.27. The third-order valence-corrected chi connectivity index (χ3v) is 9.21. The number of methoxy groups -OCH3 is 2. The van der Waals surface area contributed by atoms with Gasteiger partial charge in [-0.05, 0) is 81.2 Å². The molecule has 0 bridgehead atoms. The third-order valence-electron chi connectivity index (χ3n) is 9.21. The Morgan fingerprint density at radius 3 is 1.19 bits per heavy atom. The molecule has 0 aliphatic carbocycles. The predicted molar refractivity (Wildman–Crippen MR) is 213 cm³/mol. The number of ether oxygens (including phenoxy) is 2. The zero-order chi connectivity index (χ0) is 35.6. The van der Waals surface area contributed by atoms with Gasteiger partial charge in [0, 0.05) is 21.9 Å². The van der Waals surface area contributed by atoms with Crippen molar-refractivity contribution in [3.8, 4) is 11.5 Å². The van der Waals surface area contributed by atoms with Crippen molar-refractivity contribution in [2.24, 2.45) is 0 Å². The average molecular weight is 681 g/mol. The smallest absolute Gasteiger partial charge is 0.344 e. The highest BCUT2D eigenvalue weighted by Crippen LogP contribution is 2.38. The lowest BCUT2D eigenvalue weighted by Crippen LogP contribution is -2.04. The number of benzene rings is 7. The summed E-state index contributed by atoms with van der Waals surface area (Å²) in [6.07, 6.45) is 7.83. The fourth-order valence-electron chi connectivity index (χ4n) is 6.60. The second-order valence-corrected chi connectivity index (χ2v) is 12.3. The fourth-order valence-corrected chi connectivity index (χ4v) is 6.60. The van der Waals surface area contributed by atoms with E-state index in [1.807, 2.05) is 133 Å². The van der Waals surface area contributed by atoms with Gasteiger partial charge in [-0.2, -0.15) is 0 Å². The van der Waals surface area contributed by atoms with Crippen molar-refractivity contribution >= 4 is 78.6 Å². The van der Waals surface area contributed by atoms with Crippen molar-refractivity contribution < 1.29 is 18.3 Å². The molecule has 0 unspecified atom stereocenters. The van der Waals surface area contributed by atoms with E-state index in [2.05, 4.69) is 0 Å². The molecular weight excluding hydrogens is 648 g/mol. The second kappa shape index (κ2) is 13.8. The van der Waals surface area contributed by atoms with Crippen molar-refractivity contribution in [2.75, 3.05) is 14.2 Å². The minimum atomic E-state index is -0.661. The van der Waals surface area contributed by atoms with Crippen LogP contribution in [-0.4, -0.2) is 14.2 Å². The topological polar surface area (TPSA) is 78.9 Å². The maximum Gasteiger partial charge on any atom is 0.344 e. The molecule has 0 atom stereocenters. The van der Waals surface area contributed by atoms with E-state index in [1.165, 1.54) is 0 Å². The van der Waals surface area contributed by atoms with Crippen LogP contribution in [0.15, 0.2) is 152 Å². The van der Waals surface area contributed by atoms with E-state index in [0.29, 0.717) is 33.1 Å². The third kappa shape index (κ3) is 6.07. The summed E-state index contributed by atoms with van der Waals surface area (Å²) >= 11 is 0. The normalized spacial score (nSPS) is 11.7. The predicted octanol–water partition coefficient (Wildman–Crippen LogP) is 10.8. The van der Waals surface area contributed by atoms with E-state index in [0.717, 1.165) is 44.2 Å². The summed E-state index contributed by atoms with van der Waals surface area (Å²) in [5.41, 5.74) is 2.61. The summed E-state index contributed by atoms with van der Waals surface area (Å²) in [5.74, 6) is 1.51. The Morgan fingerprint density at radius 2 is 0.808 bits per heavy atom. The van der Waals surface area contributed by atoms with Crippen LogP contribution in [0.5, 0.6) is 11.5 Å². The Hall–Kier alpha value is -6.92. The highest BCUT2D eigenvalue weighted by Gasteiger charge is 2.16. The van der Waals surface area contributed by atoms with Gasteiger partial charge in [-0.25, -0.2) is 9.59 Å². The van der Waals surface area contributed by atoms with Crippen LogP contribution in [-0.2, 0) is 0 Å². The van der Waals surface area contributed by atoms with Gasteiger partial charge in [0.15, 0.2) is 0 Å². The maximum absolute atomic E-state index is 14.1. The standard InChI is InChI=1S/C46H32O6/c1-49-35-23-17-29(18-24-35)15-21-33-27-31-9-3-5-11-37(31)41-42-38-12-6-4-10-32(38)28-34(22-16-30-19-25-36(50-2)26-20-30)44(42)52-46(48)40-14-8-7-13-39(40)45(47)51-43(33)41/h3-28H,1-2H3/b21-15+,22-16+. The SMILES string of the molecule is COc1ccc(/C=C/c2cc3ccccc3c3c2oc(=O)c2ccccc2c(=O)oc2c(/C=C/c4ccc(OC)cc4)cc4ccccc4c23)cc1. The summed E-state index contributed by atoms with van der Waals surface area (Å²) in [6, 6.07) is 41.9. The molecule has 0 aliphatic rings. The molecule has 0 N–H and O–H groups in total. The van der Waals surface area contributed by atoms with E-state index < -0.39 is 11.3 Å². The first kappa shape index (κ1) is 32.3. The van der Waals surface area contributed by atoms with Crippen LogP contribution < -0.4 is 20.7 Å². The Bertz CT molecular complexity index is 2690. The van der Waals surface area contributed by atoms with Gasteiger partial charge in [-0.1, -0.05) is 109 Å². The minimum Gasteiger partial charge on any atom is -0.497 e. The van der Waals surface area contributed by atoms with Gasteiger partial charge < -0.3 is 18.3 Å². The first-order valence-electron chi connectivity index (χ1n) is 16.8. The van der Waals surface area contributed by atoms with Crippen molar-refractivity contribution in [1.82, 2.24) is 0 Å². The van der Waals surface area contributed by atoms with E-state index in [4.69, 9.17) is 18.3 Å². The quantitative estimate of drug-likeness (QED) is 0.163. The Morgan fingerprint density at radius 1 is 0.442 bits per heavy atom. The van der Waals surface area contributed by atoms with Crippen molar-refractivity contribution in [3.63, 3.8) is 0 Å². The Kier molecular flexibility index (Phi) is 8.55. The molecule has 0 aliphatic heterocycles. The van der Waals surface area contributed by atoms with Gasteiger partial charge in [-0.3, -0.25) is 0 Å². The highest BCUT2D eigenvalue weighted by atomic mass is 16.5. The number of rotatable bonds is 6. The lowest BCUT2D eigenvalue weighted by atomic mass is 9.94. The molecule has 0 saturated heterocycles. The van der Waals surface area contributed by atoms with E-state index >= 15 is 0 Å². The Balaban J connectivity index is 1.59. The molecule has 52 heavy (non-hydrogen) atoms. The van der Waals surface area contributed by atoms with Gasteiger partial charge in [-0.15, -0.1) is 0 Å². The summed E-state index contributed by atoms with van der Waals surface area (Å²) in [6.45, 7) is 0.